The number of halogens is 3. The molecule has 1 unspecified atom stereocenters. The maximum atomic E-state index is 13.8. The molecule has 1 heterocycles. The monoisotopic (exact) mass is 264 g/mol. The van der Waals surface area contributed by atoms with Gasteiger partial charge in [0.1, 0.15) is 0 Å². The second-order valence-electron chi connectivity index (χ2n) is 5.15. The molecule has 0 bridgehead atoms. The minimum atomic E-state index is -4.47. The lowest BCUT2D eigenvalue weighted by Gasteiger charge is -2.21. The van der Waals surface area contributed by atoms with Gasteiger partial charge in [-0.3, -0.25) is 4.68 Å². The van der Waals surface area contributed by atoms with E-state index >= 15 is 0 Å². The third-order valence-electron chi connectivity index (χ3n) is 2.44. The number of aliphatic carboxylic acids is 1. The topological polar surface area (TPSA) is 55.1 Å². The third-order valence-corrected chi connectivity index (χ3v) is 2.44. The van der Waals surface area contributed by atoms with Gasteiger partial charge in [0, 0.05) is 24.2 Å². The van der Waals surface area contributed by atoms with Crippen LogP contribution < -0.4 is 0 Å². The largest absolute Gasteiger partial charge is 0.477 e. The van der Waals surface area contributed by atoms with Gasteiger partial charge in [0.15, 0.2) is 0 Å². The zero-order chi connectivity index (χ0) is 14.3. The van der Waals surface area contributed by atoms with Crippen LogP contribution in [0.5, 0.6) is 0 Å². The van der Waals surface area contributed by atoms with Crippen LogP contribution in [0.3, 0.4) is 0 Å². The van der Waals surface area contributed by atoms with Crippen LogP contribution in [0.25, 0.3) is 0 Å². The lowest BCUT2D eigenvalue weighted by atomic mass is 9.87. The Morgan fingerprint density at radius 2 is 1.94 bits per heavy atom. The standard InChI is InChI=1S/C11H15F3N2O2/c1-10(2,3)8-6(5-16(4)15-8)7(12)11(13,14)9(17)18/h5,7H,1-4H3,(H,17,18). The van der Waals surface area contributed by atoms with Crippen molar-refractivity contribution >= 4 is 5.97 Å². The number of carboxylic acid groups (broad SMARTS) is 1. The van der Waals surface area contributed by atoms with E-state index in [1.54, 1.807) is 20.8 Å². The van der Waals surface area contributed by atoms with Gasteiger partial charge in [0.05, 0.1) is 5.69 Å². The molecule has 18 heavy (non-hydrogen) atoms. The van der Waals surface area contributed by atoms with Crippen molar-refractivity contribution in [2.75, 3.05) is 0 Å². The number of hydrogen-bond donors (Lipinski definition) is 1. The molecule has 0 fully saturated rings. The third kappa shape index (κ3) is 2.49. The summed E-state index contributed by atoms with van der Waals surface area (Å²) in [7, 11) is 1.46. The lowest BCUT2D eigenvalue weighted by Crippen LogP contribution is -2.34. The van der Waals surface area contributed by atoms with Crippen molar-refractivity contribution in [3.05, 3.63) is 17.5 Å². The molecule has 0 spiro atoms. The second-order valence-corrected chi connectivity index (χ2v) is 5.15. The van der Waals surface area contributed by atoms with Crippen LogP contribution in [0.15, 0.2) is 6.20 Å². The Labute approximate surface area is 102 Å². The van der Waals surface area contributed by atoms with E-state index in [0.717, 1.165) is 6.20 Å². The fraction of sp³-hybridized carbons (Fsp3) is 0.636. The molecule has 0 aromatic carbocycles. The Kier molecular flexibility index (Phi) is 3.47. The second kappa shape index (κ2) is 4.29. The number of carboxylic acids is 1. The molecular weight excluding hydrogens is 249 g/mol. The molecule has 1 aromatic heterocycles. The maximum absolute atomic E-state index is 13.8. The van der Waals surface area contributed by atoms with Crippen molar-refractivity contribution in [3.63, 3.8) is 0 Å². The number of aromatic nitrogens is 2. The van der Waals surface area contributed by atoms with E-state index in [1.807, 2.05) is 0 Å². The summed E-state index contributed by atoms with van der Waals surface area (Å²) in [5, 5.41) is 12.3. The Bertz CT molecular complexity index is 463. The fourth-order valence-corrected chi connectivity index (χ4v) is 1.58. The predicted octanol–water partition coefficient (Wildman–Crippen LogP) is 2.45. The summed E-state index contributed by atoms with van der Waals surface area (Å²) in [4.78, 5) is 10.4. The molecule has 1 aromatic rings. The van der Waals surface area contributed by atoms with Crippen molar-refractivity contribution in [3.8, 4) is 0 Å². The Morgan fingerprint density at radius 3 is 2.33 bits per heavy atom. The van der Waals surface area contributed by atoms with E-state index in [9.17, 15) is 18.0 Å². The van der Waals surface area contributed by atoms with Crippen molar-refractivity contribution < 1.29 is 23.1 Å². The molecule has 0 aliphatic heterocycles. The van der Waals surface area contributed by atoms with Crippen LogP contribution in [0, 0.1) is 0 Å². The van der Waals surface area contributed by atoms with Gasteiger partial charge in [0.2, 0.25) is 6.17 Å². The summed E-state index contributed by atoms with van der Waals surface area (Å²) in [5.74, 6) is -6.96. The van der Waals surface area contributed by atoms with Crippen LogP contribution in [0.2, 0.25) is 0 Å². The zero-order valence-corrected chi connectivity index (χ0v) is 10.5. The number of rotatable bonds is 3. The highest BCUT2D eigenvalue weighted by Crippen LogP contribution is 2.39. The molecule has 1 atom stereocenters. The van der Waals surface area contributed by atoms with Gasteiger partial charge in [-0.1, -0.05) is 20.8 Å². The zero-order valence-electron chi connectivity index (χ0n) is 10.5. The van der Waals surface area contributed by atoms with Crippen LogP contribution >= 0.6 is 0 Å². The van der Waals surface area contributed by atoms with E-state index in [1.165, 1.54) is 11.7 Å². The maximum Gasteiger partial charge on any atom is 0.378 e. The van der Waals surface area contributed by atoms with Gasteiger partial charge >= 0.3 is 11.9 Å². The molecule has 4 nitrogen and oxygen atoms in total. The Hall–Kier alpha value is -1.53. The van der Waals surface area contributed by atoms with E-state index in [4.69, 9.17) is 5.11 Å². The van der Waals surface area contributed by atoms with Crippen LogP contribution in [0.4, 0.5) is 13.2 Å². The molecule has 1 N–H and O–H groups in total. The highest BCUT2D eigenvalue weighted by molar-refractivity contribution is 5.76. The van der Waals surface area contributed by atoms with Crippen molar-refractivity contribution in [2.24, 2.45) is 7.05 Å². The van der Waals surface area contributed by atoms with Crippen LogP contribution in [-0.4, -0.2) is 26.8 Å². The first-order valence-electron chi connectivity index (χ1n) is 5.27. The molecule has 7 heteroatoms. The highest BCUT2D eigenvalue weighted by Gasteiger charge is 2.51. The number of hydrogen-bond acceptors (Lipinski definition) is 2. The Morgan fingerprint density at radius 1 is 1.44 bits per heavy atom. The Balaban J connectivity index is 3.30. The number of alkyl halides is 3. The van der Waals surface area contributed by atoms with E-state index in [0.29, 0.717) is 0 Å². The first-order valence-corrected chi connectivity index (χ1v) is 5.27. The van der Waals surface area contributed by atoms with Crippen LogP contribution in [0.1, 0.15) is 38.2 Å². The average Bonchev–Trinajstić information content (AvgIpc) is 2.58. The molecule has 0 saturated carbocycles. The SMILES string of the molecule is Cn1cc(C(F)C(F)(F)C(=O)O)c(C(C)(C)C)n1. The molecule has 0 radical (unpaired) electrons. The van der Waals surface area contributed by atoms with Gasteiger partial charge in [-0.05, 0) is 0 Å². The summed E-state index contributed by atoms with van der Waals surface area (Å²) in [6.45, 7) is 5.05. The van der Waals surface area contributed by atoms with Crippen molar-refractivity contribution in [2.45, 2.75) is 38.3 Å². The summed E-state index contributed by atoms with van der Waals surface area (Å²) >= 11 is 0. The summed E-state index contributed by atoms with van der Waals surface area (Å²) in [6, 6.07) is 0. The molecule has 1 rings (SSSR count). The molecule has 102 valence electrons. The summed E-state index contributed by atoms with van der Waals surface area (Å²) in [6.07, 6.45) is -1.83. The molecule has 0 aliphatic carbocycles. The number of aryl methyl sites for hydroxylation is 1. The smallest absolute Gasteiger partial charge is 0.378 e. The summed E-state index contributed by atoms with van der Waals surface area (Å²) in [5.41, 5.74) is -0.925. The van der Waals surface area contributed by atoms with Gasteiger partial charge < -0.3 is 5.11 Å². The lowest BCUT2D eigenvalue weighted by molar-refractivity contribution is -0.175. The fourth-order valence-electron chi connectivity index (χ4n) is 1.58. The highest BCUT2D eigenvalue weighted by atomic mass is 19.3. The van der Waals surface area contributed by atoms with Gasteiger partial charge in [0.25, 0.3) is 0 Å². The van der Waals surface area contributed by atoms with E-state index < -0.39 is 29.0 Å². The first kappa shape index (κ1) is 14.5. The molecular formula is C11H15F3N2O2. The van der Waals surface area contributed by atoms with Crippen LogP contribution in [-0.2, 0) is 17.3 Å². The minimum Gasteiger partial charge on any atom is -0.477 e. The minimum absolute atomic E-state index is 0.124. The van der Waals surface area contributed by atoms with Gasteiger partial charge in [-0.2, -0.15) is 13.9 Å². The van der Waals surface area contributed by atoms with Crippen molar-refractivity contribution in [1.82, 2.24) is 9.78 Å². The molecule has 0 amide bonds. The first-order chi connectivity index (χ1) is 7.98. The van der Waals surface area contributed by atoms with Crippen molar-refractivity contribution in [1.29, 1.82) is 0 Å². The quantitative estimate of drug-likeness (QED) is 0.912. The number of carbonyl (C=O) groups is 1. The normalized spacial score (nSPS) is 14.6. The van der Waals surface area contributed by atoms with E-state index in [-0.39, 0.29) is 5.69 Å². The predicted molar refractivity (Wildman–Crippen MR) is 58.3 cm³/mol. The molecule has 0 aliphatic rings. The van der Waals surface area contributed by atoms with Gasteiger partial charge in [-0.15, -0.1) is 0 Å². The molecule has 0 saturated heterocycles. The summed E-state index contributed by atoms with van der Waals surface area (Å²) < 4.78 is 41.4. The number of nitrogens with zero attached hydrogens (tertiary/aromatic N) is 2. The van der Waals surface area contributed by atoms with E-state index in [2.05, 4.69) is 5.10 Å². The average molecular weight is 264 g/mol. The van der Waals surface area contributed by atoms with Gasteiger partial charge in [-0.25, -0.2) is 9.18 Å².